The lowest BCUT2D eigenvalue weighted by Crippen LogP contribution is -2.20. The van der Waals surface area contributed by atoms with Crippen LogP contribution in [0.5, 0.6) is 0 Å². The van der Waals surface area contributed by atoms with E-state index in [1.807, 2.05) is 26.8 Å². The summed E-state index contributed by atoms with van der Waals surface area (Å²) in [7, 11) is 0. The molecule has 0 aromatic heterocycles. The molecule has 0 atom stereocenters. The molecular formula is C11H18O. The third-order valence-electron chi connectivity index (χ3n) is 1.27. The average Bonchev–Trinajstić information content (AvgIpc) is 1.96. The zero-order chi connectivity index (χ0) is 9.61. The van der Waals surface area contributed by atoms with E-state index in [9.17, 15) is 0 Å². The highest BCUT2D eigenvalue weighted by atomic mass is 16.5. The topological polar surface area (TPSA) is 9.23 Å². The van der Waals surface area contributed by atoms with Crippen LogP contribution in [0.4, 0.5) is 0 Å². The summed E-state index contributed by atoms with van der Waals surface area (Å²) in [6, 6.07) is 0. The first kappa shape index (κ1) is 11.2. The summed E-state index contributed by atoms with van der Waals surface area (Å²) in [4.78, 5) is 0. The van der Waals surface area contributed by atoms with Crippen LogP contribution in [0.1, 0.15) is 20.8 Å². The summed E-state index contributed by atoms with van der Waals surface area (Å²) >= 11 is 0. The highest BCUT2D eigenvalue weighted by molar-refractivity contribution is 5.21. The average molecular weight is 166 g/mol. The third-order valence-corrected chi connectivity index (χ3v) is 1.27. The first-order valence-corrected chi connectivity index (χ1v) is 4.07. The normalized spacial score (nSPS) is 12.8. The van der Waals surface area contributed by atoms with Crippen molar-refractivity contribution in [3.05, 3.63) is 37.0 Å². The molecule has 0 aliphatic rings. The molecule has 0 bridgehead atoms. The van der Waals surface area contributed by atoms with Gasteiger partial charge in [0, 0.05) is 0 Å². The molecule has 0 saturated carbocycles. The van der Waals surface area contributed by atoms with E-state index < -0.39 is 0 Å². The molecule has 0 radical (unpaired) electrons. The Balaban J connectivity index is 3.98. The highest BCUT2D eigenvalue weighted by Crippen LogP contribution is 2.09. The Bertz CT molecular complexity index is 182. The first-order chi connectivity index (χ1) is 5.49. The zero-order valence-electron chi connectivity index (χ0n) is 8.26. The number of rotatable bonds is 4. The lowest BCUT2D eigenvalue weighted by atomic mass is 10.2. The van der Waals surface area contributed by atoms with E-state index in [4.69, 9.17) is 4.74 Å². The van der Waals surface area contributed by atoms with Crippen molar-refractivity contribution >= 4 is 0 Å². The van der Waals surface area contributed by atoms with Crippen molar-refractivity contribution in [3.8, 4) is 0 Å². The molecule has 0 aromatic rings. The molecule has 0 N–H and O–H groups in total. The van der Waals surface area contributed by atoms with Crippen molar-refractivity contribution in [3.63, 3.8) is 0 Å². The van der Waals surface area contributed by atoms with Gasteiger partial charge in [0.05, 0.1) is 12.2 Å². The second kappa shape index (κ2) is 4.94. The summed E-state index contributed by atoms with van der Waals surface area (Å²) < 4.78 is 5.55. The summed E-state index contributed by atoms with van der Waals surface area (Å²) in [5.74, 6) is 0. The maximum atomic E-state index is 5.55. The van der Waals surface area contributed by atoms with Crippen molar-refractivity contribution < 1.29 is 4.74 Å². The van der Waals surface area contributed by atoms with Gasteiger partial charge < -0.3 is 4.74 Å². The minimum atomic E-state index is -0.0940. The number of hydrogen-bond donors (Lipinski definition) is 0. The Morgan fingerprint density at radius 1 is 1.33 bits per heavy atom. The molecule has 1 nitrogen and oxygen atoms in total. The van der Waals surface area contributed by atoms with Crippen LogP contribution in [0.3, 0.4) is 0 Å². The molecule has 1 heteroatoms. The van der Waals surface area contributed by atoms with Crippen molar-refractivity contribution in [2.45, 2.75) is 26.4 Å². The van der Waals surface area contributed by atoms with E-state index in [-0.39, 0.29) is 5.60 Å². The van der Waals surface area contributed by atoms with E-state index in [0.717, 1.165) is 5.57 Å². The van der Waals surface area contributed by atoms with Gasteiger partial charge in [-0.1, -0.05) is 31.4 Å². The third kappa shape index (κ3) is 5.93. The standard InChI is InChI=1S/C11H18O/c1-6-8-10(7-2)9-12-11(3,4)5/h6-8H,1-2,9H2,3-5H3/b10-8+. The molecular weight excluding hydrogens is 148 g/mol. The fourth-order valence-corrected chi connectivity index (χ4v) is 0.626. The van der Waals surface area contributed by atoms with Crippen LogP contribution in [0.15, 0.2) is 37.0 Å². The minimum Gasteiger partial charge on any atom is -0.371 e. The molecule has 0 fully saturated rings. The molecule has 0 saturated heterocycles. The molecule has 0 aliphatic heterocycles. The predicted octanol–water partition coefficient (Wildman–Crippen LogP) is 3.10. The van der Waals surface area contributed by atoms with Crippen molar-refractivity contribution in [2.75, 3.05) is 6.61 Å². The number of hydrogen-bond acceptors (Lipinski definition) is 1. The Kier molecular flexibility index (Phi) is 4.60. The van der Waals surface area contributed by atoms with Crippen LogP contribution in [-0.4, -0.2) is 12.2 Å². The lowest BCUT2D eigenvalue weighted by molar-refractivity contribution is 0.0123. The largest absolute Gasteiger partial charge is 0.371 e. The summed E-state index contributed by atoms with van der Waals surface area (Å²) in [5, 5.41) is 0. The van der Waals surface area contributed by atoms with Crippen molar-refractivity contribution in [1.29, 1.82) is 0 Å². The summed E-state index contributed by atoms with van der Waals surface area (Å²) in [5.41, 5.74) is 0.962. The lowest BCUT2D eigenvalue weighted by Gasteiger charge is -2.19. The number of ether oxygens (including phenoxy) is 1. The smallest absolute Gasteiger partial charge is 0.0723 e. The molecule has 0 rings (SSSR count). The molecule has 0 amide bonds. The van der Waals surface area contributed by atoms with E-state index in [1.54, 1.807) is 12.2 Å². The van der Waals surface area contributed by atoms with Crippen LogP contribution in [0.2, 0.25) is 0 Å². The SMILES string of the molecule is C=C/C=C(\C=C)COC(C)(C)C. The van der Waals surface area contributed by atoms with Gasteiger partial charge in [-0.05, 0) is 26.3 Å². The highest BCUT2D eigenvalue weighted by Gasteiger charge is 2.09. The van der Waals surface area contributed by atoms with Gasteiger partial charge in [-0.2, -0.15) is 0 Å². The second-order valence-electron chi connectivity index (χ2n) is 3.58. The monoisotopic (exact) mass is 166 g/mol. The van der Waals surface area contributed by atoms with Gasteiger partial charge in [0.15, 0.2) is 0 Å². The van der Waals surface area contributed by atoms with Gasteiger partial charge in [-0.15, -0.1) is 0 Å². The fraction of sp³-hybridized carbons (Fsp3) is 0.455. The second-order valence-corrected chi connectivity index (χ2v) is 3.58. The van der Waals surface area contributed by atoms with Crippen molar-refractivity contribution in [1.82, 2.24) is 0 Å². The first-order valence-electron chi connectivity index (χ1n) is 4.07. The van der Waals surface area contributed by atoms with Gasteiger partial charge in [-0.25, -0.2) is 0 Å². The van der Waals surface area contributed by atoms with Crippen LogP contribution in [0, 0.1) is 0 Å². The Hall–Kier alpha value is -0.820. The van der Waals surface area contributed by atoms with Crippen LogP contribution in [0.25, 0.3) is 0 Å². The van der Waals surface area contributed by atoms with Gasteiger partial charge >= 0.3 is 0 Å². The maximum absolute atomic E-state index is 5.55. The Labute approximate surface area is 75.4 Å². The molecule has 0 unspecified atom stereocenters. The zero-order valence-corrected chi connectivity index (χ0v) is 8.26. The molecule has 0 heterocycles. The van der Waals surface area contributed by atoms with E-state index in [0.29, 0.717) is 6.61 Å². The summed E-state index contributed by atoms with van der Waals surface area (Å²) in [6.07, 6.45) is 5.43. The van der Waals surface area contributed by atoms with Crippen LogP contribution < -0.4 is 0 Å². The Morgan fingerprint density at radius 2 is 1.92 bits per heavy atom. The Morgan fingerprint density at radius 3 is 2.25 bits per heavy atom. The van der Waals surface area contributed by atoms with Crippen LogP contribution >= 0.6 is 0 Å². The van der Waals surface area contributed by atoms with E-state index in [2.05, 4.69) is 13.2 Å². The molecule has 68 valence electrons. The number of allylic oxidation sites excluding steroid dienone is 2. The van der Waals surface area contributed by atoms with Gasteiger partial charge in [-0.3, -0.25) is 0 Å². The molecule has 0 aromatic carbocycles. The van der Waals surface area contributed by atoms with E-state index in [1.165, 1.54) is 0 Å². The van der Waals surface area contributed by atoms with Crippen molar-refractivity contribution in [2.24, 2.45) is 0 Å². The predicted molar refractivity (Wildman–Crippen MR) is 54.2 cm³/mol. The quantitative estimate of drug-likeness (QED) is 0.583. The summed E-state index contributed by atoms with van der Waals surface area (Å²) in [6.45, 7) is 14.0. The molecule has 0 aliphatic carbocycles. The maximum Gasteiger partial charge on any atom is 0.0723 e. The van der Waals surface area contributed by atoms with Crippen LogP contribution in [-0.2, 0) is 4.74 Å². The molecule has 12 heavy (non-hydrogen) atoms. The van der Waals surface area contributed by atoms with Gasteiger partial charge in [0.2, 0.25) is 0 Å². The van der Waals surface area contributed by atoms with E-state index >= 15 is 0 Å². The fourth-order valence-electron chi connectivity index (χ4n) is 0.626. The van der Waals surface area contributed by atoms with Gasteiger partial charge in [0.25, 0.3) is 0 Å². The minimum absolute atomic E-state index is 0.0940. The molecule has 0 spiro atoms. The van der Waals surface area contributed by atoms with Gasteiger partial charge in [0.1, 0.15) is 0 Å².